The number of nitrogens with zero attached hydrogens (tertiary/aromatic N) is 1. The number of rotatable bonds is 4. The molecule has 1 fully saturated rings. The van der Waals surface area contributed by atoms with Gasteiger partial charge in [0.2, 0.25) is 0 Å². The van der Waals surface area contributed by atoms with Crippen molar-refractivity contribution in [2.45, 2.75) is 43.6 Å². The van der Waals surface area contributed by atoms with Gasteiger partial charge in [-0.3, -0.25) is 4.90 Å². The summed E-state index contributed by atoms with van der Waals surface area (Å²) in [6, 6.07) is 8.77. The summed E-state index contributed by atoms with van der Waals surface area (Å²) in [6.07, 6.45) is 4.94. The maximum atomic E-state index is 6.44. The fraction of sp³-hybridized carbons (Fsp3) is 0.600. The van der Waals surface area contributed by atoms with Gasteiger partial charge in [0, 0.05) is 18.0 Å². The molecular weight excluding hydrogens is 246 g/mol. The summed E-state index contributed by atoms with van der Waals surface area (Å²) in [4.78, 5) is 2.38. The molecule has 0 aromatic heterocycles. The van der Waals surface area contributed by atoms with E-state index in [-0.39, 0.29) is 0 Å². The van der Waals surface area contributed by atoms with E-state index in [0.29, 0.717) is 11.4 Å². The fourth-order valence-electron chi connectivity index (χ4n) is 2.74. The Bertz CT molecular complexity index is 383. The number of hydrogen-bond donors (Lipinski definition) is 0. The Balaban J connectivity index is 1.98. The average molecular weight is 268 g/mol. The van der Waals surface area contributed by atoms with Crippen LogP contribution in [0.5, 0.6) is 5.75 Å². The topological polar surface area (TPSA) is 12.5 Å². The molecule has 1 saturated carbocycles. The minimum Gasteiger partial charge on any atom is -0.497 e. The Labute approximate surface area is 115 Å². The minimum absolute atomic E-state index is 0.300. The Morgan fingerprint density at radius 3 is 2.83 bits per heavy atom. The molecule has 1 aromatic rings. The molecule has 2 atom stereocenters. The second-order valence-electron chi connectivity index (χ2n) is 5.13. The van der Waals surface area contributed by atoms with E-state index in [9.17, 15) is 0 Å². The molecule has 0 aliphatic heterocycles. The highest BCUT2D eigenvalue weighted by molar-refractivity contribution is 6.21. The highest BCUT2D eigenvalue weighted by atomic mass is 35.5. The molecule has 2 rings (SSSR count). The van der Waals surface area contributed by atoms with Crippen LogP contribution in [0.1, 0.15) is 31.2 Å². The van der Waals surface area contributed by atoms with Crippen LogP contribution < -0.4 is 4.74 Å². The molecule has 0 N–H and O–H groups in total. The van der Waals surface area contributed by atoms with E-state index in [1.165, 1.54) is 24.8 Å². The molecule has 2 unspecified atom stereocenters. The smallest absolute Gasteiger partial charge is 0.119 e. The molecular formula is C15H22ClNO. The van der Waals surface area contributed by atoms with Gasteiger partial charge in [-0.1, -0.05) is 25.0 Å². The van der Waals surface area contributed by atoms with Crippen molar-refractivity contribution in [2.24, 2.45) is 0 Å². The van der Waals surface area contributed by atoms with Crippen molar-refractivity contribution in [3.63, 3.8) is 0 Å². The largest absolute Gasteiger partial charge is 0.497 e. The normalized spacial score (nSPS) is 24.2. The molecule has 2 nitrogen and oxygen atoms in total. The van der Waals surface area contributed by atoms with Gasteiger partial charge in [-0.05, 0) is 37.6 Å². The Morgan fingerprint density at radius 2 is 2.11 bits per heavy atom. The lowest BCUT2D eigenvalue weighted by Gasteiger charge is -2.35. The first-order chi connectivity index (χ1) is 8.70. The molecule has 1 aliphatic carbocycles. The van der Waals surface area contributed by atoms with Gasteiger partial charge in [-0.25, -0.2) is 0 Å². The van der Waals surface area contributed by atoms with Crippen molar-refractivity contribution in [3.8, 4) is 5.75 Å². The van der Waals surface area contributed by atoms with Gasteiger partial charge in [0.25, 0.3) is 0 Å². The predicted octanol–water partition coefficient (Wildman–Crippen LogP) is 3.68. The Kier molecular flexibility index (Phi) is 4.90. The molecule has 100 valence electrons. The third-order valence-electron chi connectivity index (χ3n) is 3.78. The van der Waals surface area contributed by atoms with E-state index in [2.05, 4.69) is 24.1 Å². The Hall–Kier alpha value is -0.730. The SMILES string of the molecule is COc1cccc(CN(C)C2CCCCC2Cl)c1. The van der Waals surface area contributed by atoms with Crippen LogP contribution in [0.25, 0.3) is 0 Å². The lowest BCUT2D eigenvalue weighted by molar-refractivity contribution is 0.188. The van der Waals surface area contributed by atoms with E-state index in [1.807, 2.05) is 12.1 Å². The lowest BCUT2D eigenvalue weighted by Crippen LogP contribution is -2.40. The Morgan fingerprint density at radius 1 is 1.33 bits per heavy atom. The second-order valence-corrected chi connectivity index (χ2v) is 5.70. The molecule has 0 saturated heterocycles. The molecule has 3 heteroatoms. The molecule has 0 heterocycles. The zero-order chi connectivity index (χ0) is 13.0. The van der Waals surface area contributed by atoms with Gasteiger partial charge >= 0.3 is 0 Å². The van der Waals surface area contributed by atoms with Gasteiger partial charge in [-0.15, -0.1) is 11.6 Å². The van der Waals surface area contributed by atoms with Gasteiger partial charge in [0.1, 0.15) is 5.75 Å². The maximum Gasteiger partial charge on any atom is 0.119 e. The summed E-state index contributed by atoms with van der Waals surface area (Å²) in [5.74, 6) is 0.923. The van der Waals surface area contributed by atoms with Crippen LogP contribution in [-0.2, 0) is 6.54 Å². The molecule has 0 radical (unpaired) electrons. The molecule has 18 heavy (non-hydrogen) atoms. The third kappa shape index (κ3) is 3.39. The monoisotopic (exact) mass is 267 g/mol. The van der Waals surface area contributed by atoms with Crippen molar-refractivity contribution < 1.29 is 4.74 Å². The van der Waals surface area contributed by atoms with Crippen LogP contribution in [-0.4, -0.2) is 30.5 Å². The zero-order valence-corrected chi connectivity index (χ0v) is 12.0. The van der Waals surface area contributed by atoms with Crippen LogP contribution >= 0.6 is 11.6 Å². The van der Waals surface area contributed by atoms with Gasteiger partial charge in [0.15, 0.2) is 0 Å². The van der Waals surface area contributed by atoms with Crippen molar-refractivity contribution in [3.05, 3.63) is 29.8 Å². The van der Waals surface area contributed by atoms with E-state index < -0.39 is 0 Å². The second kappa shape index (κ2) is 6.44. The number of benzene rings is 1. The minimum atomic E-state index is 0.300. The lowest BCUT2D eigenvalue weighted by atomic mass is 9.93. The number of alkyl halides is 1. The van der Waals surface area contributed by atoms with Crippen LogP contribution in [0.2, 0.25) is 0 Å². The first-order valence-electron chi connectivity index (χ1n) is 6.68. The van der Waals surface area contributed by atoms with Crippen molar-refractivity contribution in [1.82, 2.24) is 4.90 Å². The first-order valence-corrected chi connectivity index (χ1v) is 7.11. The van der Waals surface area contributed by atoms with Crippen LogP contribution in [0, 0.1) is 0 Å². The van der Waals surface area contributed by atoms with Crippen LogP contribution in [0.15, 0.2) is 24.3 Å². The zero-order valence-electron chi connectivity index (χ0n) is 11.2. The van der Waals surface area contributed by atoms with Crippen LogP contribution in [0.4, 0.5) is 0 Å². The van der Waals surface area contributed by atoms with Gasteiger partial charge in [0.05, 0.1) is 7.11 Å². The van der Waals surface area contributed by atoms with Crippen molar-refractivity contribution in [2.75, 3.05) is 14.2 Å². The first kappa shape index (κ1) is 13.7. The molecule has 1 aliphatic rings. The van der Waals surface area contributed by atoms with E-state index >= 15 is 0 Å². The average Bonchev–Trinajstić information content (AvgIpc) is 2.39. The summed E-state index contributed by atoms with van der Waals surface area (Å²) in [5.41, 5.74) is 1.28. The summed E-state index contributed by atoms with van der Waals surface area (Å²) in [6.45, 7) is 0.936. The molecule has 0 amide bonds. The van der Waals surface area contributed by atoms with E-state index in [0.717, 1.165) is 18.7 Å². The summed E-state index contributed by atoms with van der Waals surface area (Å²) >= 11 is 6.44. The number of methoxy groups -OCH3 is 1. The summed E-state index contributed by atoms with van der Waals surface area (Å²) in [5, 5.41) is 0.300. The summed E-state index contributed by atoms with van der Waals surface area (Å²) in [7, 11) is 3.88. The van der Waals surface area contributed by atoms with Crippen molar-refractivity contribution >= 4 is 11.6 Å². The maximum absolute atomic E-state index is 6.44. The molecule has 1 aromatic carbocycles. The standard InChI is InChI=1S/C15H22ClNO/c1-17(15-9-4-3-8-14(15)16)11-12-6-5-7-13(10-12)18-2/h5-7,10,14-15H,3-4,8-9,11H2,1-2H3. The predicted molar refractivity (Wildman–Crippen MR) is 76.4 cm³/mol. The van der Waals surface area contributed by atoms with Gasteiger partial charge in [-0.2, -0.15) is 0 Å². The van der Waals surface area contributed by atoms with Crippen molar-refractivity contribution in [1.29, 1.82) is 0 Å². The molecule has 0 spiro atoms. The highest BCUT2D eigenvalue weighted by Gasteiger charge is 2.26. The fourth-order valence-corrected chi connectivity index (χ4v) is 3.21. The third-order valence-corrected chi connectivity index (χ3v) is 4.29. The van der Waals surface area contributed by atoms with Gasteiger partial charge < -0.3 is 4.74 Å². The van der Waals surface area contributed by atoms with E-state index in [4.69, 9.17) is 16.3 Å². The van der Waals surface area contributed by atoms with Crippen LogP contribution in [0.3, 0.4) is 0 Å². The quantitative estimate of drug-likeness (QED) is 0.772. The molecule has 0 bridgehead atoms. The highest BCUT2D eigenvalue weighted by Crippen LogP contribution is 2.27. The number of halogens is 1. The van der Waals surface area contributed by atoms with E-state index in [1.54, 1.807) is 7.11 Å². The number of hydrogen-bond acceptors (Lipinski definition) is 2. The number of ether oxygens (including phenoxy) is 1. The summed E-state index contributed by atoms with van der Waals surface area (Å²) < 4.78 is 5.26.